The zero-order valence-electron chi connectivity index (χ0n) is 12.5. The van der Waals surface area contributed by atoms with E-state index in [4.69, 9.17) is 0 Å². The van der Waals surface area contributed by atoms with Gasteiger partial charge in [0.1, 0.15) is 0 Å². The van der Waals surface area contributed by atoms with Gasteiger partial charge in [-0.25, -0.2) is 0 Å². The molecule has 0 aliphatic heterocycles. The van der Waals surface area contributed by atoms with Crippen LogP contribution in [-0.4, -0.2) is 14.9 Å². The van der Waals surface area contributed by atoms with Crippen molar-refractivity contribution in [2.75, 3.05) is 0 Å². The van der Waals surface area contributed by atoms with Gasteiger partial charge in [-0.2, -0.15) is 5.10 Å². The molecule has 1 aromatic carbocycles. The van der Waals surface area contributed by atoms with E-state index in [-0.39, 0.29) is 0 Å². The van der Waals surface area contributed by atoms with Crippen molar-refractivity contribution in [1.29, 1.82) is 0 Å². The summed E-state index contributed by atoms with van der Waals surface area (Å²) in [7, 11) is 0. The maximum Gasteiger partial charge on any atom is 0.0848 e. The molecule has 0 amide bonds. The molecule has 1 unspecified atom stereocenters. The van der Waals surface area contributed by atoms with Crippen LogP contribution in [0.3, 0.4) is 0 Å². The molecule has 1 aromatic heterocycles. The average Bonchev–Trinajstić information content (AvgIpc) is 2.77. The van der Waals surface area contributed by atoms with Crippen molar-refractivity contribution in [3.63, 3.8) is 0 Å². The molecule has 3 nitrogen and oxygen atoms in total. The number of hydrogen-bond acceptors (Lipinski definition) is 2. The first-order chi connectivity index (χ1) is 9.97. The highest BCUT2D eigenvalue weighted by Gasteiger charge is 2.19. The van der Waals surface area contributed by atoms with E-state index in [2.05, 4.69) is 50.8 Å². The molecule has 0 radical (unpaired) electrons. The van der Waals surface area contributed by atoms with Crippen molar-refractivity contribution in [3.05, 3.63) is 49.7 Å². The molecular weight excluding hydrogens is 396 g/mol. The summed E-state index contributed by atoms with van der Waals surface area (Å²) in [6.07, 6.45) is 0.899. The molecule has 21 heavy (non-hydrogen) atoms. The molecule has 0 fully saturated rings. The zero-order chi connectivity index (χ0) is 15.6. The first-order valence-corrected chi connectivity index (χ1v) is 8.74. The van der Waals surface area contributed by atoms with E-state index < -0.39 is 6.10 Å². The fourth-order valence-electron chi connectivity index (χ4n) is 2.48. The zero-order valence-corrected chi connectivity index (χ0v) is 15.7. The molecule has 114 valence electrons. The number of aryl methyl sites for hydroxylation is 3. The Balaban J connectivity index is 2.33. The Morgan fingerprint density at radius 2 is 2.00 bits per heavy atom. The van der Waals surface area contributed by atoms with Crippen molar-refractivity contribution < 1.29 is 5.11 Å². The first-order valence-electron chi connectivity index (χ1n) is 7.16. The minimum atomic E-state index is -0.537. The molecule has 0 bridgehead atoms. The number of hydrogen-bond donors (Lipinski definition) is 1. The van der Waals surface area contributed by atoms with Crippen LogP contribution in [0, 0.1) is 6.92 Å². The first kappa shape index (κ1) is 16.7. The van der Waals surface area contributed by atoms with Crippen molar-refractivity contribution in [3.8, 4) is 0 Å². The van der Waals surface area contributed by atoms with Crippen LogP contribution in [0.1, 0.15) is 42.5 Å². The number of aromatic nitrogens is 2. The predicted octanol–water partition coefficient (Wildman–Crippen LogP) is 4.57. The monoisotopic (exact) mass is 414 g/mol. The lowest BCUT2D eigenvalue weighted by molar-refractivity contribution is 0.174. The van der Waals surface area contributed by atoms with Gasteiger partial charge in [-0.15, -0.1) is 0 Å². The third-order valence-corrected chi connectivity index (χ3v) is 5.09. The summed E-state index contributed by atoms with van der Waals surface area (Å²) in [5.74, 6) is 0. The lowest BCUT2D eigenvalue weighted by Crippen LogP contribution is -2.10. The molecule has 1 atom stereocenters. The van der Waals surface area contributed by atoms with Crippen LogP contribution < -0.4 is 0 Å². The highest BCUT2D eigenvalue weighted by Crippen LogP contribution is 2.29. The van der Waals surface area contributed by atoms with Crippen LogP contribution in [0.5, 0.6) is 0 Å². The van der Waals surface area contributed by atoms with E-state index in [9.17, 15) is 5.11 Å². The Morgan fingerprint density at radius 3 is 2.62 bits per heavy atom. The van der Waals surface area contributed by atoms with E-state index in [1.54, 1.807) is 0 Å². The van der Waals surface area contributed by atoms with E-state index >= 15 is 0 Å². The number of aliphatic hydroxyl groups excluding tert-OH is 1. The summed E-state index contributed by atoms with van der Waals surface area (Å²) in [4.78, 5) is 0. The van der Waals surface area contributed by atoms with Crippen LogP contribution in [-0.2, 0) is 19.4 Å². The SMILES string of the molecule is CCc1nn(CC)c(CC(O)c2cc(Br)ccc2C)c1Br. The minimum Gasteiger partial charge on any atom is -0.388 e. The lowest BCUT2D eigenvalue weighted by atomic mass is 10.00. The topological polar surface area (TPSA) is 38.0 Å². The third-order valence-electron chi connectivity index (χ3n) is 3.68. The quantitative estimate of drug-likeness (QED) is 0.776. The second kappa shape index (κ2) is 7.07. The summed E-state index contributed by atoms with van der Waals surface area (Å²) in [6, 6.07) is 6.00. The molecule has 0 saturated carbocycles. The Bertz CT molecular complexity index is 637. The van der Waals surface area contributed by atoms with Crippen molar-refractivity contribution in [1.82, 2.24) is 9.78 Å². The molecule has 1 heterocycles. The Labute approximate surface area is 142 Å². The van der Waals surface area contributed by atoms with Crippen LogP contribution in [0.2, 0.25) is 0 Å². The smallest absolute Gasteiger partial charge is 0.0848 e. The molecule has 1 N–H and O–H groups in total. The van der Waals surface area contributed by atoms with Gasteiger partial charge in [0.2, 0.25) is 0 Å². The number of nitrogens with zero attached hydrogens (tertiary/aromatic N) is 2. The van der Waals surface area contributed by atoms with Crippen molar-refractivity contribution >= 4 is 31.9 Å². The number of benzene rings is 1. The van der Waals surface area contributed by atoms with E-state index in [1.165, 1.54) is 0 Å². The minimum absolute atomic E-state index is 0.537. The van der Waals surface area contributed by atoms with Gasteiger partial charge < -0.3 is 5.11 Å². The second-order valence-electron chi connectivity index (χ2n) is 5.10. The predicted molar refractivity (Wildman–Crippen MR) is 92.5 cm³/mol. The number of rotatable bonds is 5. The van der Waals surface area contributed by atoms with Gasteiger partial charge in [0, 0.05) is 17.4 Å². The summed E-state index contributed by atoms with van der Waals surface area (Å²) >= 11 is 7.10. The third kappa shape index (κ3) is 3.58. The molecule has 0 aliphatic rings. The largest absolute Gasteiger partial charge is 0.388 e. The molecule has 2 aromatic rings. The number of halogens is 2. The maximum absolute atomic E-state index is 10.6. The van der Waals surface area contributed by atoms with Gasteiger partial charge in [0.25, 0.3) is 0 Å². The summed E-state index contributed by atoms with van der Waals surface area (Å²) in [5.41, 5.74) is 4.16. The number of aliphatic hydroxyl groups is 1. The van der Waals surface area contributed by atoms with Crippen LogP contribution in [0.25, 0.3) is 0 Å². The molecule has 0 aliphatic carbocycles. The highest BCUT2D eigenvalue weighted by atomic mass is 79.9. The average molecular weight is 416 g/mol. The summed E-state index contributed by atoms with van der Waals surface area (Å²) in [6.45, 7) is 6.98. The van der Waals surface area contributed by atoms with Crippen molar-refractivity contribution in [2.45, 2.75) is 46.3 Å². The molecular formula is C16H20Br2N2O. The normalized spacial score (nSPS) is 12.7. The van der Waals surface area contributed by atoms with Crippen LogP contribution in [0.15, 0.2) is 27.1 Å². The Morgan fingerprint density at radius 1 is 1.29 bits per heavy atom. The molecule has 2 rings (SSSR count). The Hall–Kier alpha value is -0.650. The standard InChI is InChI=1S/C16H20Br2N2O/c1-4-13-16(18)14(20(5-2)19-13)9-15(21)12-8-11(17)7-6-10(12)3/h6-8,15,21H,4-5,9H2,1-3H3. The fraction of sp³-hybridized carbons (Fsp3) is 0.438. The lowest BCUT2D eigenvalue weighted by Gasteiger charge is -2.15. The van der Waals surface area contributed by atoms with Gasteiger partial charge in [0.05, 0.1) is 22.0 Å². The molecule has 0 saturated heterocycles. The summed E-state index contributed by atoms with van der Waals surface area (Å²) in [5, 5.41) is 15.2. The van der Waals surface area contributed by atoms with E-state index in [1.807, 2.05) is 29.8 Å². The summed E-state index contributed by atoms with van der Waals surface area (Å²) < 4.78 is 3.98. The Kier molecular flexibility index (Phi) is 5.63. The molecule has 5 heteroatoms. The van der Waals surface area contributed by atoms with Gasteiger partial charge in [-0.05, 0) is 59.5 Å². The second-order valence-corrected chi connectivity index (χ2v) is 6.81. The van der Waals surface area contributed by atoms with Gasteiger partial charge in [0.15, 0.2) is 0 Å². The maximum atomic E-state index is 10.6. The van der Waals surface area contributed by atoms with Crippen LogP contribution >= 0.6 is 31.9 Å². The van der Waals surface area contributed by atoms with Gasteiger partial charge >= 0.3 is 0 Å². The fourth-order valence-corrected chi connectivity index (χ4v) is 3.58. The van der Waals surface area contributed by atoms with Crippen LogP contribution in [0.4, 0.5) is 0 Å². The van der Waals surface area contributed by atoms with Gasteiger partial charge in [-0.3, -0.25) is 4.68 Å². The van der Waals surface area contributed by atoms with E-state index in [0.717, 1.165) is 44.4 Å². The van der Waals surface area contributed by atoms with Gasteiger partial charge in [-0.1, -0.05) is 28.9 Å². The molecule has 0 spiro atoms. The van der Waals surface area contributed by atoms with Crippen molar-refractivity contribution in [2.24, 2.45) is 0 Å². The highest BCUT2D eigenvalue weighted by molar-refractivity contribution is 9.10. The van der Waals surface area contributed by atoms with E-state index in [0.29, 0.717) is 6.42 Å².